The van der Waals surface area contributed by atoms with E-state index in [0.29, 0.717) is 0 Å². The van der Waals surface area contributed by atoms with E-state index < -0.39 is 0 Å². The van der Waals surface area contributed by atoms with E-state index in [-0.39, 0.29) is 17.1 Å². The van der Waals surface area contributed by atoms with Gasteiger partial charge in [0.05, 0.1) is 13.2 Å². The van der Waals surface area contributed by atoms with E-state index in [1.807, 2.05) is 0 Å². The van der Waals surface area contributed by atoms with Crippen molar-refractivity contribution in [2.45, 2.75) is 71.4 Å². The van der Waals surface area contributed by atoms with E-state index in [9.17, 15) is 0 Å². The molecule has 1 unspecified atom stereocenters. The van der Waals surface area contributed by atoms with Crippen molar-refractivity contribution in [3.05, 3.63) is 28.8 Å². The van der Waals surface area contributed by atoms with Gasteiger partial charge in [-0.1, -0.05) is 39.8 Å². The zero-order valence-corrected chi connectivity index (χ0v) is 14.5. The van der Waals surface area contributed by atoms with Crippen LogP contribution in [0.1, 0.15) is 70.7 Å². The molecule has 3 heteroatoms. The highest BCUT2D eigenvalue weighted by atomic mass is 16.6. The van der Waals surface area contributed by atoms with Crippen LogP contribution in [0.2, 0.25) is 0 Å². The maximum atomic E-state index is 6.36. The molecule has 1 aliphatic heterocycles. The lowest BCUT2D eigenvalue weighted by atomic mass is 9.80. The molecule has 1 N–H and O–H groups in total. The number of hydrogen-bond acceptors (Lipinski definition) is 3. The monoisotopic (exact) mass is 291 g/mol. The van der Waals surface area contributed by atoms with Crippen molar-refractivity contribution in [3.8, 4) is 5.75 Å². The smallest absolute Gasteiger partial charge is 0.128 e. The Kier molecular flexibility index (Phi) is 4.36. The number of aryl methyl sites for hydroxylation is 1. The van der Waals surface area contributed by atoms with Crippen LogP contribution >= 0.6 is 0 Å². The first-order chi connectivity index (χ1) is 9.68. The molecule has 0 spiro atoms. The summed E-state index contributed by atoms with van der Waals surface area (Å²) < 4.78 is 6.36. The minimum absolute atomic E-state index is 0.0559. The average molecular weight is 291 g/mol. The van der Waals surface area contributed by atoms with Crippen LogP contribution in [0.3, 0.4) is 0 Å². The first-order valence-corrected chi connectivity index (χ1v) is 7.83. The molecule has 0 radical (unpaired) electrons. The summed E-state index contributed by atoms with van der Waals surface area (Å²) in [6.07, 6.45) is 1.92. The Morgan fingerprint density at radius 2 is 2.00 bits per heavy atom. The predicted octanol–water partition coefficient (Wildman–Crippen LogP) is 4.30. The summed E-state index contributed by atoms with van der Waals surface area (Å²) in [6, 6.07) is 4.72. The third-order valence-corrected chi connectivity index (χ3v) is 4.10. The van der Waals surface area contributed by atoms with Gasteiger partial charge < -0.3 is 9.57 Å². The molecule has 3 nitrogen and oxygen atoms in total. The molecule has 1 aliphatic rings. The molecule has 0 amide bonds. The van der Waals surface area contributed by atoms with Crippen molar-refractivity contribution in [1.82, 2.24) is 5.48 Å². The third kappa shape index (κ3) is 3.41. The number of rotatable bonds is 3. The largest absolute Gasteiger partial charge is 0.487 e. The molecule has 0 saturated heterocycles. The molecular weight excluding hydrogens is 262 g/mol. The molecular formula is C18H29NO2. The summed E-state index contributed by atoms with van der Waals surface area (Å²) in [5, 5.41) is 0. The zero-order chi connectivity index (χ0) is 15.8. The summed E-state index contributed by atoms with van der Waals surface area (Å²) in [6.45, 7) is 13.2. The Balaban J connectivity index is 2.63. The Bertz CT molecular complexity index is 515. The highest BCUT2D eigenvalue weighted by Crippen LogP contribution is 2.45. The zero-order valence-electron chi connectivity index (χ0n) is 14.5. The van der Waals surface area contributed by atoms with E-state index >= 15 is 0 Å². The van der Waals surface area contributed by atoms with Crippen molar-refractivity contribution in [2.24, 2.45) is 0 Å². The van der Waals surface area contributed by atoms with Gasteiger partial charge in [-0.15, -0.1) is 0 Å². The fourth-order valence-corrected chi connectivity index (χ4v) is 3.01. The Labute approximate surface area is 129 Å². The maximum Gasteiger partial charge on any atom is 0.128 e. The first-order valence-electron chi connectivity index (χ1n) is 7.83. The van der Waals surface area contributed by atoms with E-state index in [4.69, 9.17) is 9.57 Å². The Hall–Kier alpha value is -1.06. The van der Waals surface area contributed by atoms with Gasteiger partial charge in [0.2, 0.25) is 0 Å². The molecule has 0 fully saturated rings. The minimum Gasteiger partial charge on any atom is -0.487 e. The molecule has 0 saturated carbocycles. The van der Waals surface area contributed by atoms with Crippen molar-refractivity contribution in [3.63, 3.8) is 0 Å². The maximum absolute atomic E-state index is 6.36. The lowest BCUT2D eigenvalue weighted by Crippen LogP contribution is -2.40. The molecule has 1 aromatic rings. The van der Waals surface area contributed by atoms with E-state index in [1.165, 1.54) is 16.7 Å². The minimum atomic E-state index is -0.197. The van der Waals surface area contributed by atoms with Crippen molar-refractivity contribution >= 4 is 0 Å². The standard InChI is InChI=1S/C18H29NO2/c1-8-12-9-13-15(19-20-7)11-18(5,6)21-16(13)14(10-12)17(2,3)4/h9-10,15,19H,8,11H2,1-7H3. The van der Waals surface area contributed by atoms with Gasteiger partial charge in [-0.3, -0.25) is 0 Å². The second kappa shape index (κ2) is 5.62. The molecule has 21 heavy (non-hydrogen) atoms. The number of hydrogen-bond donors (Lipinski definition) is 1. The van der Waals surface area contributed by atoms with Crippen molar-refractivity contribution < 1.29 is 9.57 Å². The third-order valence-electron chi connectivity index (χ3n) is 4.10. The molecule has 2 rings (SSSR count). The van der Waals surface area contributed by atoms with Crippen molar-refractivity contribution in [1.29, 1.82) is 0 Å². The summed E-state index contributed by atoms with van der Waals surface area (Å²) in [4.78, 5) is 5.22. The summed E-state index contributed by atoms with van der Waals surface area (Å²) in [7, 11) is 1.68. The molecule has 1 heterocycles. The van der Waals surface area contributed by atoms with Crippen LogP contribution in [0.4, 0.5) is 0 Å². The lowest BCUT2D eigenvalue weighted by molar-refractivity contribution is 0.00193. The molecule has 0 aliphatic carbocycles. The van der Waals surface area contributed by atoms with Crippen LogP contribution in [0.25, 0.3) is 0 Å². The van der Waals surface area contributed by atoms with E-state index in [2.05, 4.69) is 59.2 Å². The molecule has 1 aromatic carbocycles. The SMILES string of the molecule is CCc1cc2c(c(C(C)(C)C)c1)OC(C)(C)CC2NOC. The molecule has 0 aromatic heterocycles. The topological polar surface area (TPSA) is 30.5 Å². The molecule has 0 bridgehead atoms. The highest BCUT2D eigenvalue weighted by Gasteiger charge is 2.37. The predicted molar refractivity (Wildman–Crippen MR) is 86.7 cm³/mol. The van der Waals surface area contributed by atoms with E-state index in [1.54, 1.807) is 7.11 Å². The van der Waals surface area contributed by atoms with Gasteiger partial charge >= 0.3 is 0 Å². The summed E-state index contributed by atoms with van der Waals surface area (Å²) in [5.74, 6) is 1.03. The molecule has 1 atom stereocenters. The lowest BCUT2D eigenvalue weighted by Gasteiger charge is -2.40. The van der Waals surface area contributed by atoms with E-state index in [0.717, 1.165) is 18.6 Å². The van der Waals surface area contributed by atoms with Crippen LogP contribution in [0.15, 0.2) is 12.1 Å². The van der Waals surface area contributed by atoms with Gasteiger partial charge in [-0.25, -0.2) is 0 Å². The number of nitrogens with one attached hydrogen (secondary N) is 1. The summed E-state index contributed by atoms with van der Waals surface area (Å²) in [5.41, 5.74) is 6.86. The van der Waals surface area contributed by atoms with Gasteiger partial charge in [0.1, 0.15) is 11.4 Å². The summed E-state index contributed by atoms with van der Waals surface area (Å²) >= 11 is 0. The van der Waals surface area contributed by atoms with Crippen LogP contribution in [0.5, 0.6) is 5.75 Å². The van der Waals surface area contributed by atoms with Gasteiger partial charge in [0, 0.05) is 17.5 Å². The van der Waals surface area contributed by atoms with Crippen LogP contribution < -0.4 is 10.2 Å². The number of fused-ring (bicyclic) bond motifs is 1. The second-order valence-electron chi connectivity index (χ2n) is 7.61. The quantitative estimate of drug-likeness (QED) is 0.842. The number of benzene rings is 1. The van der Waals surface area contributed by atoms with Crippen LogP contribution in [0, 0.1) is 0 Å². The van der Waals surface area contributed by atoms with Gasteiger partial charge in [-0.05, 0) is 31.2 Å². The van der Waals surface area contributed by atoms with Gasteiger partial charge in [0.25, 0.3) is 0 Å². The van der Waals surface area contributed by atoms with Crippen LogP contribution in [-0.2, 0) is 16.7 Å². The van der Waals surface area contributed by atoms with Crippen molar-refractivity contribution in [2.75, 3.05) is 7.11 Å². The first kappa shape index (κ1) is 16.3. The highest BCUT2D eigenvalue weighted by molar-refractivity contribution is 5.51. The van der Waals surface area contributed by atoms with Gasteiger partial charge in [0.15, 0.2) is 0 Å². The number of hydroxylamine groups is 1. The fourth-order valence-electron chi connectivity index (χ4n) is 3.01. The molecule has 118 valence electrons. The fraction of sp³-hybridized carbons (Fsp3) is 0.667. The number of ether oxygens (including phenoxy) is 1. The Morgan fingerprint density at radius 3 is 2.52 bits per heavy atom. The Morgan fingerprint density at radius 1 is 1.33 bits per heavy atom. The second-order valence-corrected chi connectivity index (χ2v) is 7.61. The van der Waals surface area contributed by atoms with Gasteiger partial charge in [-0.2, -0.15) is 5.48 Å². The average Bonchev–Trinajstić information content (AvgIpc) is 2.35. The normalized spacial score (nSPS) is 20.8. The van der Waals surface area contributed by atoms with Crippen LogP contribution in [-0.4, -0.2) is 12.7 Å².